The monoisotopic (exact) mass is 138 g/mol. The second-order valence-electron chi connectivity index (χ2n) is 2.02. The highest BCUT2D eigenvalue weighted by atomic mass is 16.4. The minimum Gasteiger partial charge on any atom is -0.445 e. The Morgan fingerprint density at radius 3 is 3.00 bits per heavy atom. The number of aromatic nitrogens is 1. The Hall–Kier alpha value is -1.34. The van der Waals surface area contributed by atoms with E-state index >= 15 is 0 Å². The Labute approximate surface area is 57.7 Å². The molecule has 0 fully saturated rings. The van der Waals surface area contributed by atoms with Crippen molar-refractivity contribution in [2.75, 3.05) is 0 Å². The van der Waals surface area contributed by atoms with Crippen LogP contribution in [0.25, 0.3) is 0 Å². The van der Waals surface area contributed by atoms with Gasteiger partial charge in [-0.25, -0.2) is 4.98 Å². The first-order chi connectivity index (χ1) is 4.67. The molecule has 4 heteroatoms. The molecule has 0 aliphatic carbocycles. The maximum Gasteiger partial charge on any atom is 0.241 e. The summed E-state index contributed by atoms with van der Waals surface area (Å²) in [6.07, 6.45) is 2.68. The Bertz CT molecular complexity index is 245. The summed E-state index contributed by atoms with van der Waals surface area (Å²) in [7, 11) is 0. The van der Waals surface area contributed by atoms with Gasteiger partial charge in [-0.3, -0.25) is 0 Å². The summed E-state index contributed by atoms with van der Waals surface area (Å²) in [5.74, 6) is 0.0231. The van der Waals surface area contributed by atoms with Crippen LogP contribution in [-0.4, -0.2) is 10.1 Å². The van der Waals surface area contributed by atoms with Gasteiger partial charge < -0.3 is 9.52 Å². The van der Waals surface area contributed by atoms with Crippen molar-refractivity contribution < 1.29 is 9.52 Å². The van der Waals surface area contributed by atoms with Crippen molar-refractivity contribution in [3.63, 3.8) is 0 Å². The fourth-order valence-corrected chi connectivity index (χ4v) is 0.512. The Morgan fingerprint density at radius 1 is 1.90 bits per heavy atom. The Balaban J connectivity index is 2.99. The number of hydrogen-bond acceptors (Lipinski definition) is 4. The second kappa shape index (κ2) is 2.12. The number of nitrogens with zero attached hydrogens (tertiary/aromatic N) is 2. The third-order valence-electron chi connectivity index (χ3n) is 1.07. The lowest BCUT2D eigenvalue weighted by atomic mass is 10.1. The molecule has 1 N–H and O–H groups in total. The van der Waals surface area contributed by atoms with Gasteiger partial charge in [0.05, 0.1) is 6.20 Å². The lowest BCUT2D eigenvalue weighted by Gasteiger charge is -2.06. The Morgan fingerprint density at radius 2 is 2.60 bits per heavy atom. The van der Waals surface area contributed by atoms with E-state index in [1.54, 1.807) is 6.07 Å². The predicted molar refractivity (Wildman–Crippen MR) is 31.7 cm³/mol. The van der Waals surface area contributed by atoms with Gasteiger partial charge in [-0.05, 0) is 6.92 Å². The minimum atomic E-state index is -1.61. The summed E-state index contributed by atoms with van der Waals surface area (Å²) in [5, 5.41) is 17.5. The zero-order chi connectivity index (χ0) is 7.61. The molecule has 0 amide bonds. The van der Waals surface area contributed by atoms with Gasteiger partial charge in [0.2, 0.25) is 11.5 Å². The highest BCUT2D eigenvalue weighted by Crippen LogP contribution is 2.15. The topological polar surface area (TPSA) is 70.0 Å². The van der Waals surface area contributed by atoms with Gasteiger partial charge in [0.1, 0.15) is 12.3 Å². The van der Waals surface area contributed by atoms with E-state index < -0.39 is 5.60 Å². The molecule has 0 aliphatic heterocycles. The molecular formula is C6H6N2O2. The predicted octanol–water partition coefficient (Wildman–Crippen LogP) is 0.406. The van der Waals surface area contributed by atoms with E-state index in [9.17, 15) is 0 Å². The smallest absolute Gasteiger partial charge is 0.241 e. The van der Waals surface area contributed by atoms with Crippen molar-refractivity contribution in [2.45, 2.75) is 12.5 Å². The number of oxazole rings is 1. The fraction of sp³-hybridized carbons (Fsp3) is 0.333. The van der Waals surface area contributed by atoms with E-state index in [0.29, 0.717) is 0 Å². The average molecular weight is 138 g/mol. The van der Waals surface area contributed by atoms with Crippen molar-refractivity contribution >= 4 is 0 Å². The molecule has 1 aromatic heterocycles. The van der Waals surface area contributed by atoms with Crippen molar-refractivity contribution in [1.82, 2.24) is 4.98 Å². The third kappa shape index (κ3) is 0.993. The summed E-state index contributed by atoms with van der Waals surface area (Å²) >= 11 is 0. The number of rotatable bonds is 1. The third-order valence-corrected chi connectivity index (χ3v) is 1.07. The van der Waals surface area contributed by atoms with Crippen molar-refractivity contribution in [2.24, 2.45) is 0 Å². The number of aliphatic hydroxyl groups is 1. The SMILES string of the molecule is CC(O)(C#N)c1ncco1. The first-order valence-corrected chi connectivity index (χ1v) is 2.70. The van der Waals surface area contributed by atoms with E-state index in [-0.39, 0.29) is 5.89 Å². The lowest BCUT2D eigenvalue weighted by Crippen LogP contribution is -2.18. The van der Waals surface area contributed by atoms with Crippen molar-refractivity contribution in [3.8, 4) is 6.07 Å². The summed E-state index contributed by atoms with van der Waals surface area (Å²) in [6.45, 7) is 1.32. The molecule has 52 valence electrons. The molecule has 4 nitrogen and oxygen atoms in total. The molecule has 0 aliphatic rings. The molecule has 1 unspecified atom stereocenters. The largest absolute Gasteiger partial charge is 0.445 e. The van der Waals surface area contributed by atoms with Crippen LogP contribution in [0, 0.1) is 11.3 Å². The average Bonchev–Trinajstić information content (AvgIpc) is 2.38. The highest BCUT2D eigenvalue weighted by molar-refractivity contribution is 5.08. The van der Waals surface area contributed by atoms with Crippen molar-refractivity contribution in [3.05, 3.63) is 18.4 Å². The van der Waals surface area contributed by atoms with Crippen LogP contribution in [0.3, 0.4) is 0 Å². The molecular weight excluding hydrogens is 132 g/mol. The molecule has 0 spiro atoms. The van der Waals surface area contributed by atoms with Crippen LogP contribution in [0.15, 0.2) is 16.9 Å². The molecule has 1 atom stereocenters. The maximum absolute atomic E-state index is 9.17. The van der Waals surface area contributed by atoms with Crippen molar-refractivity contribution in [1.29, 1.82) is 5.26 Å². The maximum atomic E-state index is 9.17. The quantitative estimate of drug-likeness (QED) is 0.570. The zero-order valence-electron chi connectivity index (χ0n) is 5.40. The summed E-state index contributed by atoms with van der Waals surface area (Å²) in [6, 6.07) is 1.64. The van der Waals surface area contributed by atoms with Gasteiger partial charge in [-0.1, -0.05) is 0 Å². The van der Waals surface area contributed by atoms with Crippen LogP contribution < -0.4 is 0 Å². The lowest BCUT2D eigenvalue weighted by molar-refractivity contribution is 0.0870. The Kier molecular flexibility index (Phi) is 1.44. The second-order valence-corrected chi connectivity index (χ2v) is 2.02. The molecule has 0 radical (unpaired) electrons. The van der Waals surface area contributed by atoms with Gasteiger partial charge in [0.25, 0.3) is 0 Å². The van der Waals surface area contributed by atoms with E-state index in [2.05, 4.69) is 4.98 Å². The molecule has 1 rings (SSSR count). The molecule has 0 bridgehead atoms. The molecule has 0 aromatic carbocycles. The van der Waals surface area contributed by atoms with Crippen LogP contribution >= 0.6 is 0 Å². The first-order valence-electron chi connectivity index (χ1n) is 2.70. The molecule has 0 saturated heterocycles. The molecule has 0 saturated carbocycles. The van der Waals surface area contributed by atoms with Crippen LogP contribution in [0.4, 0.5) is 0 Å². The first kappa shape index (κ1) is 6.78. The van der Waals surface area contributed by atoms with Crippen LogP contribution in [0.5, 0.6) is 0 Å². The summed E-state index contributed by atoms with van der Waals surface area (Å²) in [4.78, 5) is 3.62. The van der Waals surface area contributed by atoms with Crippen LogP contribution in [0.1, 0.15) is 12.8 Å². The van der Waals surface area contributed by atoms with Gasteiger partial charge in [-0.2, -0.15) is 5.26 Å². The van der Waals surface area contributed by atoms with Crippen LogP contribution in [-0.2, 0) is 5.60 Å². The number of hydrogen-bond donors (Lipinski definition) is 1. The summed E-state index contributed by atoms with van der Waals surface area (Å²) in [5.41, 5.74) is -1.61. The normalized spacial score (nSPS) is 15.7. The van der Waals surface area contributed by atoms with E-state index in [4.69, 9.17) is 14.8 Å². The summed E-state index contributed by atoms with van der Waals surface area (Å²) < 4.78 is 4.71. The fourth-order valence-electron chi connectivity index (χ4n) is 0.512. The van der Waals surface area contributed by atoms with Gasteiger partial charge in [-0.15, -0.1) is 0 Å². The minimum absolute atomic E-state index is 0.0231. The van der Waals surface area contributed by atoms with Gasteiger partial charge >= 0.3 is 0 Å². The highest BCUT2D eigenvalue weighted by Gasteiger charge is 2.27. The number of nitriles is 1. The van der Waals surface area contributed by atoms with Gasteiger partial charge in [0.15, 0.2) is 0 Å². The molecule has 10 heavy (non-hydrogen) atoms. The van der Waals surface area contributed by atoms with E-state index in [1.165, 1.54) is 19.4 Å². The van der Waals surface area contributed by atoms with E-state index in [0.717, 1.165) is 0 Å². The molecule has 1 aromatic rings. The van der Waals surface area contributed by atoms with Gasteiger partial charge in [0, 0.05) is 0 Å². The standard InChI is InChI=1S/C6H6N2O2/c1-6(9,4-7)5-8-2-3-10-5/h2-3,9H,1H3. The van der Waals surface area contributed by atoms with Crippen LogP contribution in [0.2, 0.25) is 0 Å². The van der Waals surface area contributed by atoms with E-state index in [1.807, 2.05) is 0 Å². The molecule has 1 heterocycles. The zero-order valence-corrected chi connectivity index (χ0v) is 5.40.